The lowest BCUT2D eigenvalue weighted by Gasteiger charge is -2.42. The summed E-state index contributed by atoms with van der Waals surface area (Å²) in [6.45, 7) is 6.77. The third kappa shape index (κ3) is 1.12. The van der Waals surface area contributed by atoms with Crippen LogP contribution in [0.3, 0.4) is 0 Å². The van der Waals surface area contributed by atoms with Gasteiger partial charge in [-0.1, -0.05) is 20.8 Å². The summed E-state index contributed by atoms with van der Waals surface area (Å²) in [6, 6.07) is 0. The Balaban J connectivity index is 2.25. The lowest BCUT2D eigenvalue weighted by Crippen LogP contribution is -2.37. The van der Waals surface area contributed by atoms with Crippen molar-refractivity contribution in [2.24, 2.45) is 22.7 Å². The lowest BCUT2D eigenvalue weighted by atomic mass is 9.62. The SMILES string of the molecule is CC1C2(C)CCC(C2)C1(C)CC(=O)O. The number of hydrogen-bond donors (Lipinski definition) is 1. The van der Waals surface area contributed by atoms with Gasteiger partial charge in [0, 0.05) is 0 Å². The second-order valence-electron chi connectivity index (χ2n) is 5.89. The Morgan fingerprint density at radius 2 is 2.14 bits per heavy atom. The van der Waals surface area contributed by atoms with E-state index in [4.69, 9.17) is 5.11 Å². The van der Waals surface area contributed by atoms with Gasteiger partial charge in [0.05, 0.1) is 6.42 Å². The first kappa shape index (κ1) is 10.0. The topological polar surface area (TPSA) is 37.3 Å². The lowest BCUT2D eigenvalue weighted by molar-refractivity contribution is -0.141. The second-order valence-corrected chi connectivity index (χ2v) is 5.89. The minimum absolute atomic E-state index is 0.0544. The zero-order valence-electron chi connectivity index (χ0n) is 9.34. The van der Waals surface area contributed by atoms with E-state index in [2.05, 4.69) is 20.8 Å². The summed E-state index contributed by atoms with van der Waals surface area (Å²) < 4.78 is 0. The summed E-state index contributed by atoms with van der Waals surface area (Å²) >= 11 is 0. The van der Waals surface area contributed by atoms with Crippen molar-refractivity contribution in [1.82, 2.24) is 0 Å². The molecule has 0 aromatic heterocycles. The molecule has 0 saturated heterocycles. The van der Waals surface area contributed by atoms with Gasteiger partial charge >= 0.3 is 5.97 Å². The van der Waals surface area contributed by atoms with E-state index >= 15 is 0 Å². The molecule has 0 aromatic rings. The van der Waals surface area contributed by atoms with Crippen LogP contribution in [0.1, 0.15) is 46.5 Å². The van der Waals surface area contributed by atoms with Gasteiger partial charge in [-0.2, -0.15) is 0 Å². The number of hydrogen-bond acceptors (Lipinski definition) is 1. The molecule has 0 amide bonds. The van der Waals surface area contributed by atoms with Gasteiger partial charge in [-0.15, -0.1) is 0 Å². The predicted molar refractivity (Wildman–Crippen MR) is 55.0 cm³/mol. The minimum atomic E-state index is -0.629. The van der Waals surface area contributed by atoms with Crippen LogP contribution in [0.25, 0.3) is 0 Å². The maximum absolute atomic E-state index is 10.9. The van der Waals surface area contributed by atoms with Gasteiger partial charge in [0.25, 0.3) is 0 Å². The van der Waals surface area contributed by atoms with E-state index < -0.39 is 5.97 Å². The highest BCUT2D eigenvalue weighted by Crippen LogP contribution is 2.67. The first-order valence-electron chi connectivity index (χ1n) is 5.60. The van der Waals surface area contributed by atoms with E-state index in [9.17, 15) is 4.79 Å². The first-order valence-corrected chi connectivity index (χ1v) is 5.60. The third-order valence-corrected chi connectivity index (χ3v) is 5.28. The van der Waals surface area contributed by atoms with E-state index in [1.165, 1.54) is 19.3 Å². The molecule has 80 valence electrons. The highest BCUT2D eigenvalue weighted by molar-refractivity contribution is 5.68. The van der Waals surface area contributed by atoms with Crippen LogP contribution in [0.5, 0.6) is 0 Å². The van der Waals surface area contributed by atoms with E-state index in [-0.39, 0.29) is 5.41 Å². The van der Waals surface area contributed by atoms with Crippen LogP contribution < -0.4 is 0 Å². The number of carboxylic acids is 1. The molecule has 0 radical (unpaired) electrons. The summed E-state index contributed by atoms with van der Waals surface area (Å²) in [5, 5.41) is 8.97. The molecule has 2 aliphatic rings. The van der Waals surface area contributed by atoms with Gasteiger partial charge < -0.3 is 5.11 Å². The third-order valence-electron chi connectivity index (χ3n) is 5.28. The van der Waals surface area contributed by atoms with E-state index in [1.54, 1.807) is 0 Å². The molecule has 0 aromatic carbocycles. The molecule has 2 bridgehead atoms. The summed E-state index contributed by atoms with van der Waals surface area (Å²) in [5.41, 5.74) is 0.480. The van der Waals surface area contributed by atoms with Crippen LogP contribution in [0.2, 0.25) is 0 Å². The molecule has 1 N–H and O–H groups in total. The van der Waals surface area contributed by atoms with Crippen molar-refractivity contribution in [3.05, 3.63) is 0 Å². The Morgan fingerprint density at radius 3 is 2.57 bits per heavy atom. The molecule has 2 fully saturated rings. The van der Waals surface area contributed by atoms with E-state index in [1.807, 2.05) is 0 Å². The van der Waals surface area contributed by atoms with Crippen LogP contribution in [0.4, 0.5) is 0 Å². The van der Waals surface area contributed by atoms with Gasteiger partial charge in [-0.05, 0) is 41.9 Å². The second kappa shape index (κ2) is 2.74. The van der Waals surface area contributed by atoms with E-state index in [0.717, 1.165) is 0 Å². The van der Waals surface area contributed by atoms with Crippen LogP contribution >= 0.6 is 0 Å². The van der Waals surface area contributed by atoms with Crippen molar-refractivity contribution < 1.29 is 9.90 Å². The molecule has 2 rings (SSSR count). The molecule has 4 unspecified atom stereocenters. The number of aliphatic carboxylic acids is 1. The van der Waals surface area contributed by atoms with Crippen LogP contribution in [0.15, 0.2) is 0 Å². The van der Waals surface area contributed by atoms with Gasteiger partial charge in [-0.3, -0.25) is 4.79 Å². The molecule has 2 nitrogen and oxygen atoms in total. The Hall–Kier alpha value is -0.530. The summed E-state index contributed by atoms with van der Waals surface area (Å²) in [5.74, 6) is 0.582. The minimum Gasteiger partial charge on any atom is -0.481 e. The summed E-state index contributed by atoms with van der Waals surface area (Å²) in [6.07, 6.45) is 4.14. The van der Waals surface area contributed by atoms with Crippen LogP contribution in [0, 0.1) is 22.7 Å². The molecule has 2 aliphatic carbocycles. The highest BCUT2D eigenvalue weighted by atomic mass is 16.4. The molecule has 0 aliphatic heterocycles. The molecule has 0 heterocycles. The zero-order valence-corrected chi connectivity index (χ0v) is 9.34. The highest BCUT2D eigenvalue weighted by Gasteiger charge is 2.59. The van der Waals surface area contributed by atoms with Gasteiger partial charge in [0.1, 0.15) is 0 Å². The van der Waals surface area contributed by atoms with Crippen molar-refractivity contribution in [2.45, 2.75) is 46.5 Å². The van der Waals surface area contributed by atoms with Crippen molar-refractivity contribution >= 4 is 5.97 Å². The molecule has 4 atom stereocenters. The molecule has 2 saturated carbocycles. The smallest absolute Gasteiger partial charge is 0.303 e. The van der Waals surface area contributed by atoms with Gasteiger partial charge in [-0.25, -0.2) is 0 Å². The molecule has 14 heavy (non-hydrogen) atoms. The maximum atomic E-state index is 10.9. The Labute approximate surface area is 85.7 Å². The standard InChI is InChI=1S/C12H20O2/c1-8-11(2)5-4-9(6-11)12(8,3)7-10(13)14/h8-9H,4-7H2,1-3H3,(H,13,14). The quantitative estimate of drug-likeness (QED) is 0.737. The Kier molecular flexibility index (Phi) is 1.96. The fourth-order valence-corrected chi connectivity index (χ4v) is 4.00. The molecule has 0 spiro atoms. The largest absolute Gasteiger partial charge is 0.481 e. The number of carboxylic acid groups (broad SMARTS) is 1. The number of rotatable bonds is 2. The monoisotopic (exact) mass is 196 g/mol. The van der Waals surface area contributed by atoms with Crippen molar-refractivity contribution in [1.29, 1.82) is 0 Å². The normalized spacial score (nSPS) is 51.1. The molecule has 2 heteroatoms. The van der Waals surface area contributed by atoms with Crippen LogP contribution in [-0.4, -0.2) is 11.1 Å². The fourth-order valence-electron chi connectivity index (χ4n) is 4.00. The fraction of sp³-hybridized carbons (Fsp3) is 0.917. The summed E-state index contributed by atoms with van der Waals surface area (Å²) in [4.78, 5) is 10.9. The zero-order chi connectivity index (χ0) is 10.6. The van der Waals surface area contributed by atoms with Gasteiger partial charge in [0.2, 0.25) is 0 Å². The first-order chi connectivity index (χ1) is 6.38. The Morgan fingerprint density at radius 1 is 1.50 bits per heavy atom. The maximum Gasteiger partial charge on any atom is 0.303 e. The summed E-state index contributed by atoms with van der Waals surface area (Å²) in [7, 11) is 0. The number of carbonyl (C=O) groups is 1. The average molecular weight is 196 g/mol. The van der Waals surface area contributed by atoms with Gasteiger partial charge in [0.15, 0.2) is 0 Å². The molecular formula is C12H20O2. The van der Waals surface area contributed by atoms with Crippen molar-refractivity contribution in [3.63, 3.8) is 0 Å². The average Bonchev–Trinajstić information content (AvgIpc) is 2.52. The van der Waals surface area contributed by atoms with Crippen LogP contribution in [-0.2, 0) is 4.79 Å². The van der Waals surface area contributed by atoms with Crippen molar-refractivity contribution in [2.75, 3.05) is 0 Å². The predicted octanol–water partition coefficient (Wildman–Crippen LogP) is 2.92. The van der Waals surface area contributed by atoms with Crippen molar-refractivity contribution in [3.8, 4) is 0 Å². The Bertz CT molecular complexity index is 273. The van der Waals surface area contributed by atoms with E-state index in [0.29, 0.717) is 23.7 Å². The number of fused-ring (bicyclic) bond motifs is 2. The molecular weight excluding hydrogens is 176 g/mol.